The SMILES string of the molecule is C=C/C=C(\C=C/C)C(C)Cc1cc(-c2cnc(C3CCN(C)CC3)s2)cnc1C. The average molecular weight is 408 g/mol. The Balaban J connectivity index is 1.79. The third-order valence-corrected chi connectivity index (χ3v) is 7.04. The lowest BCUT2D eigenvalue weighted by molar-refractivity contribution is 0.255. The minimum atomic E-state index is 0.413. The zero-order valence-electron chi connectivity index (χ0n) is 18.2. The summed E-state index contributed by atoms with van der Waals surface area (Å²) < 4.78 is 0. The van der Waals surface area contributed by atoms with Crippen LogP contribution in [0.5, 0.6) is 0 Å². The first-order valence-corrected chi connectivity index (χ1v) is 11.4. The van der Waals surface area contributed by atoms with Crippen LogP contribution < -0.4 is 0 Å². The summed E-state index contributed by atoms with van der Waals surface area (Å²) in [5.74, 6) is 1.02. The maximum Gasteiger partial charge on any atom is 0.0963 e. The molecule has 2 aromatic heterocycles. The molecule has 29 heavy (non-hydrogen) atoms. The Kier molecular flexibility index (Phi) is 7.57. The molecule has 1 saturated heterocycles. The number of pyridine rings is 1. The highest BCUT2D eigenvalue weighted by Gasteiger charge is 2.21. The fourth-order valence-corrected chi connectivity index (χ4v) is 5.01. The molecular weight excluding hydrogens is 374 g/mol. The number of hydrogen-bond acceptors (Lipinski definition) is 4. The molecule has 0 N–H and O–H groups in total. The number of nitrogens with zero attached hydrogens (tertiary/aromatic N) is 3. The molecule has 1 fully saturated rings. The second-order valence-corrected chi connectivity index (χ2v) is 9.18. The molecule has 0 amide bonds. The Labute approximate surface area is 179 Å². The van der Waals surface area contributed by atoms with Crippen LogP contribution in [0, 0.1) is 12.8 Å². The monoisotopic (exact) mass is 407 g/mol. The molecule has 0 aliphatic carbocycles. The standard InChI is InChI=1S/C25H33N3S/c1-6-8-20(9-7-2)18(3)14-22-15-23(16-26-19(22)4)24-17-27-25(29-24)21-10-12-28(5)13-11-21/h6-9,15-18,21H,1,10-14H2,2-5H3/b9-7-,20-8+. The number of allylic oxidation sites excluding steroid dienone is 5. The lowest BCUT2D eigenvalue weighted by atomic mass is 9.91. The molecular formula is C25H33N3S. The zero-order chi connectivity index (χ0) is 20.8. The van der Waals surface area contributed by atoms with Crippen molar-refractivity contribution in [2.45, 2.75) is 46.0 Å². The maximum absolute atomic E-state index is 4.77. The Morgan fingerprint density at radius 3 is 2.76 bits per heavy atom. The summed E-state index contributed by atoms with van der Waals surface area (Å²) in [4.78, 5) is 13.1. The molecule has 1 unspecified atom stereocenters. The highest BCUT2D eigenvalue weighted by Crippen LogP contribution is 2.35. The molecule has 154 valence electrons. The van der Waals surface area contributed by atoms with Crippen LogP contribution >= 0.6 is 11.3 Å². The third-order valence-electron chi connectivity index (χ3n) is 5.83. The molecule has 1 aliphatic rings. The van der Waals surface area contributed by atoms with Gasteiger partial charge in [-0.1, -0.05) is 37.8 Å². The summed E-state index contributed by atoms with van der Waals surface area (Å²) in [7, 11) is 2.20. The fraction of sp³-hybridized carbons (Fsp3) is 0.440. The molecule has 3 heterocycles. The van der Waals surface area contributed by atoms with Gasteiger partial charge in [-0.3, -0.25) is 4.98 Å². The predicted molar refractivity (Wildman–Crippen MR) is 126 cm³/mol. The Hall–Kier alpha value is -2.04. The number of aryl methyl sites for hydroxylation is 1. The van der Waals surface area contributed by atoms with E-state index in [0.717, 1.165) is 12.1 Å². The quantitative estimate of drug-likeness (QED) is 0.512. The van der Waals surface area contributed by atoms with Gasteiger partial charge in [-0.05, 0) is 76.4 Å². The van der Waals surface area contributed by atoms with Crippen molar-refractivity contribution >= 4 is 11.3 Å². The summed E-state index contributed by atoms with van der Waals surface area (Å²) in [6.07, 6.45) is 15.7. The van der Waals surface area contributed by atoms with E-state index < -0.39 is 0 Å². The van der Waals surface area contributed by atoms with Crippen LogP contribution in [0.25, 0.3) is 10.4 Å². The van der Waals surface area contributed by atoms with E-state index in [-0.39, 0.29) is 0 Å². The molecule has 3 rings (SSSR count). The van der Waals surface area contributed by atoms with Crippen LogP contribution in [-0.2, 0) is 6.42 Å². The minimum Gasteiger partial charge on any atom is -0.306 e. The van der Waals surface area contributed by atoms with Gasteiger partial charge in [0.05, 0.1) is 9.88 Å². The normalized spacial score (nSPS) is 17.7. The third kappa shape index (κ3) is 5.52. The number of likely N-dealkylation sites (tertiary alicyclic amines) is 1. The van der Waals surface area contributed by atoms with Gasteiger partial charge in [-0.2, -0.15) is 0 Å². The van der Waals surface area contributed by atoms with E-state index in [0.29, 0.717) is 11.8 Å². The van der Waals surface area contributed by atoms with Crippen molar-refractivity contribution in [3.63, 3.8) is 0 Å². The van der Waals surface area contributed by atoms with Crippen LogP contribution in [0.3, 0.4) is 0 Å². The first kappa shape index (κ1) is 21.7. The second kappa shape index (κ2) is 10.1. The topological polar surface area (TPSA) is 29.0 Å². The number of rotatable bonds is 7. The van der Waals surface area contributed by atoms with Gasteiger partial charge in [0.2, 0.25) is 0 Å². The van der Waals surface area contributed by atoms with Crippen LogP contribution in [0.15, 0.2) is 54.9 Å². The smallest absolute Gasteiger partial charge is 0.0963 e. The average Bonchev–Trinajstić information content (AvgIpc) is 3.20. The first-order valence-electron chi connectivity index (χ1n) is 10.6. The minimum absolute atomic E-state index is 0.413. The van der Waals surface area contributed by atoms with Crippen LogP contribution in [0.4, 0.5) is 0 Å². The van der Waals surface area contributed by atoms with E-state index in [9.17, 15) is 0 Å². The molecule has 3 nitrogen and oxygen atoms in total. The van der Waals surface area contributed by atoms with Gasteiger partial charge < -0.3 is 4.90 Å². The van der Waals surface area contributed by atoms with Gasteiger partial charge in [-0.15, -0.1) is 11.3 Å². The Bertz CT molecular complexity index is 885. The molecule has 0 aromatic carbocycles. The van der Waals surface area contributed by atoms with Crippen molar-refractivity contribution in [2.75, 3.05) is 20.1 Å². The van der Waals surface area contributed by atoms with Gasteiger partial charge in [0.1, 0.15) is 0 Å². The van der Waals surface area contributed by atoms with Crippen LogP contribution in [-0.4, -0.2) is 35.0 Å². The first-order chi connectivity index (χ1) is 14.0. The highest BCUT2D eigenvalue weighted by atomic mass is 32.1. The largest absolute Gasteiger partial charge is 0.306 e. The van der Waals surface area contributed by atoms with Crippen molar-refractivity contribution in [2.24, 2.45) is 5.92 Å². The van der Waals surface area contributed by atoms with Crippen LogP contribution in [0.2, 0.25) is 0 Å². The Morgan fingerprint density at radius 2 is 2.07 bits per heavy atom. The van der Waals surface area contributed by atoms with Gasteiger partial charge in [-0.25, -0.2) is 4.98 Å². The molecule has 1 aliphatic heterocycles. The molecule has 0 saturated carbocycles. The summed E-state index contributed by atoms with van der Waals surface area (Å²) in [6.45, 7) is 12.6. The Morgan fingerprint density at radius 1 is 1.31 bits per heavy atom. The molecule has 1 atom stereocenters. The number of hydrogen-bond donors (Lipinski definition) is 0. The summed E-state index contributed by atoms with van der Waals surface area (Å²) in [5, 5.41) is 1.29. The molecule has 0 spiro atoms. The van der Waals surface area contributed by atoms with Crippen molar-refractivity contribution in [3.05, 3.63) is 71.2 Å². The highest BCUT2D eigenvalue weighted by molar-refractivity contribution is 7.15. The lowest BCUT2D eigenvalue weighted by Crippen LogP contribution is -2.29. The summed E-state index contributed by atoms with van der Waals surface area (Å²) in [6, 6.07) is 2.31. The maximum atomic E-state index is 4.77. The molecule has 0 bridgehead atoms. The van der Waals surface area contributed by atoms with E-state index in [1.54, 1.807) is 0 Å². The van der Waals surface area contributed by atoms with E-state index in [2.05, 4.69) is 63.6 Å². The molecule has 0 radical (unpaired) electrons. The van der Waals surface area contributed by atoms with Crippen molar-refractivity contribution in [3.8, 4) is 10.4 Å². The summed E-state index contributed by atoms with van der Waals surface area (Å²) >= 11 is 1.84. The van der Waals surface area contributed by atoms with E-state index in [1.807, 2.05) is 29.8 Å². The van der Waals surface area contributed by atoms with E-state index >= 15 is 0 Å². The van der Waals surface area contributed by atoms with Gasteiger partial charge in [0.15, 0.2) is 0 Å². The number of thiazole rings is 1. The van der Waals surface area contributed by atoms with Crippen molar-refractivity contribution in [1.82, 2.24) is 14.9 Å². The molecule has 2 aromatic rings. The van der Waals surface area contributed by atoms with Crippen molar-refractivity contribution in [1.29, 1.82) is 0 Å². The van der Waals surface area contributed by atoms with E-state index in [4.69, 9.17) is 9.97 Å². The second-order valence-electron chi connectivity index (χ2n) is 8.12. The van der Waals surface area contributed by atoms with Gasteiger partial charge >= 0.3 is 0 Å². The van der Waals surface area contributed by atoms with E-state index in [1.165, 1.54) is 52.5 Å². The van der Waals surface area contributed by atoms with Gasteiger partial charge in [0, 0.05) is 29.6 Å². The van der Waals surface area contributed by atoms with Crippen LogP contribution in [0.1, 0.15) is 48.9 Å². The summed E-state index contributed by atoms with van der Waals surface area (Å²) in [5.41, 5.74) is 4.91. The van der Waals surface area contributed by atoms with Crippen molar-refractivity contribution < 1.29 is 0 Å². The zero-order valence-corrected chi connectivity index (χ0v) is 19.0. The number of aromatic nitrogens is 2. The number of piperidine rings is 1. The molecule has 4 heteroatoms. The lowest BCUT2D eigenvalue weighted by Gasteiger charge is -2.27. The predicted octanol–water partition coefficient (Wildman–Crippen LogP) is 6.19. The fourth-order valence-electron chi connectivity index (χ4n) is 3.95. The van der Waals surface area contributed by atoms with Gasteiger partial charge in [0.25, 0.3) is 0 Å².